The normalized spacial score (nSPS) is 11.7. The molecule has 0 fully saturated rings. The molecule has 0 radical (unpaired) electrons. The lowest BCUT2D eigenvalue weighted by atomic mass is 9.98. The Labute approximate surface area is 144 Å². The Bertz CT molecular complexity index is 1180. The number of aromatic amines is 1. The summed E-state index contributed by atoms with van der Waals surface area (Å²) in [6, 6.07) is 16.2. The van der Waals surface area contributed by atoms with Gasteiger partial charge >= 0.3 is 0 Å². The lowest BCUT2D eigenvalue weighted by Crippen LogP contribution is -2.12. The van der Waals surface area contributed by atoms with Crippen molar-refractivity contribution in [1.82, 2.24) is 15.2 Å². The molecule has 2 heterocycles. The number of nitrogens with two attached hydrogens (primary N) is 1. The largest absolute Gasteiger partial charge is 0.278 e. The summed E-state index contributed by atoms with van der Waals surface area (Å²) in [5.41, 5.74) is 4.20. The van der Waals surface area contributed by atoms with Crippen LogP contribution in [-0.4, -0.2) is 23.6 Å². The number of nitrogens with one attached hydrogen (secondary N) is 1. The zero-order valence-electron chi connectivity index (χ0n) is 13.0. The molecular formula is C18H14N4O2S. The molecule has 124 valence electrons. The van der Waals surface area contributed by atoms with Crippen LogP contribution in [0.1, 0.15) is 0 Å². The van der Waals surface area contributed by atoms with Gasteiger partial charge in [-0.15, -0.1) is 0 Å². The van der Waals surface area contributed by atoms with E-state index in [9.17, 15) is 8.42 Å². The average Bonchev–Trinajstić information content (AvgIpc) is 3.09. The molecule has 7 heteroatoms. The van der Waals surface area contributed by atoms with Crippen LogP contribution in [0.4, 0.5) is 0 Å². The van der Waals surface area contributed by atoms with E-state index in [0.717, 1.165) is 22.0 Å². The van der Waals surface area contributed by atoms with E-state index in [2.05, 4.69) is 15.2 Å². The number of aromatic nitrogens is 3. The standard InChI is InChI=1S/C18H14N4O2S/c19-25(23,24)15-4-1-3-13(10-15)18-16(5-2-8-20-18)12-6-7-17-14(9-12)11-21-22-17/h1-11H,(H,21,22)(H2,19,23,24). The number of hydrogen-bond acceptors (Lipinski definition) is 4. The van der Waals surface area contributed by atoms with Gasteiger partial charge in [-0.25, -0.2) is 13.6 Å². The highest BCUT2D eigenvalue weighted by Crippen LogP contribution is 2.32. The third-order valence-electron chi connectivity index (χ3n) is 3.99. The average molecular weight is 350 g/mol. The molecular weight excluding hydrogens is 336 g/mol. The van der Waals surface area contributed by atoms with Gasteiger partial charge < -0.3 is 0 Å². The van der Waals surface area contributed by atoms with Crippen molar-refractivity contribution in [3.63, 3.8) is 0 Å². The molecule has 2 aromatic heterocycles. The summed E-state index contributed by atoms with van der Waals surface area (Å²) >= 11 is 0. The second kappa shape index (κ2) is 5.80. The summed E-state index contributed by atoms with van der Waals surface area (Å²) in [4.78, 5) is 4.52. The Morgan fingerprint density at radius 3 is 2.68 bits per heavy atom. The van der Waals surface area contributed by atoms with E-state index in [0.29, 0.717) is 11.3 Å². The minimum atomic E-state index is -3.77. The molecule has 4 rings (SSSR count). The zero-order chi connectivity index (χ0) is 17.4. The molecule has 0 atom stereocenters. The number of sulfonamides is 1. The van der Waals surface area contributed by atoms with Crippen LogP contribution in [0, 0.1) is 0 Å². The van der Waals surface area contributed by atoms with Crippen molar-refractivity contribution in [3.8, 4) is 22.4 Å². The van der Waals surface area contributed by atoms with Crippen LogP contribution in [0.2, 0.25) is 0 Å². The van der Waals surface area contributed by atoms with Gasteiger partial charge in [-0.3, -0.25) is 10.1 Å². The lowest BCUT2D eigenvalue weighted by molar-refractivity contribution is 0.598. The third-order valence-corrected chi connectivity index (χ3v) is 4.91. The number of fused-ring (bicyclic) bond motifs is 1. The van der Waals surface area contributed by atoms with Gasteiger partial charge in [0, 0.05) is 22.7 Å². The minimum absolute atomic E-state index is 0.0619. The van der Waals surface area contributed by atoms with Crippen LogP contribution < -0.4 is 5.14 Å². The van der Waals surface area contributed by atoms with Crippen LogP contribution in [0.15, 0.2) is 71.9 Å². The molecule has 0 unspecified atom stereocenters. The van der Waals surface area contributed by atoms with Gasteiger partial charge in [-0.2, -0.15) is 5.10 Å². The second-order valence-corrected chi connectivity index (χ2v) is 7.21. The molecule has 2 aromatic carbocycles. The second-order valence-electron chi connectivity index (χ2n) is 5.64. The molecule has 0 aliphatic heterocycles. The molecule has 0 aliphatic carbocycles. The first-order chi connectivity index (χ1) is 12.0. The van der Waals surface area contributed by atoms with E-state index in [1.165, 1.54) is 12.1 Å². The van der Waals surface area contributed by atoms with Gasteiger partial charge in [0.2, 0.25) is 10.0 Å². The topological polar surface area (TPSA) is 102 Å². The number of primary sulfonamides is 1. The van der Waals surface area contributed by atoms with Gasteiger partial charge in [0.15, 0.2) is 0 Å². The van der Waals surface area contributed by atoms with Crippen molar-refractivity contribution in [3.05, 3.63) is 67.0 Å². The molecule has 0 spiro atoms. The summed E-state index contributed by atoms with van der Waals surface area (Å²) in [5.74, 6) is 0. The predicted molar refractivity (Wildman–Crippen MR) is 96.1 cm³/mol. The number of pyridine rings is 1. The maximum Gasteiger partial charge on any atom is 0.238 e. The molecule has 0 aliphatic rings. The quantitative estimate of drug-likeness (QED) is 0.593. The Morgan fingerprint density at radius 1 is 0.960 bits per heavy atom. The lowest BCUT2D eigenvalue weighted by Gasteiger charge is -2.10. The summed E-state index contributed by atoms with van der Waals surface area (Å²) in [6.45, 7) is 0. The summed E-state index contributed by atoms with van der Waals surface area (Å²) in [5, 5.41) is 13.2. The summed E-state index contributed by atoms with van der Waals surface area (Å²) in [7, 11) is -3.77. The van der Waals surface area contributed by atoms with Crippen molar-refractivity contribution >= 4 is 20.9 Å². The van der Waals surface area contributed by atoms with Crippen molar-refractivity contribution in [2.75, 3.05) is 0 Å². The number of rotatable bonds is 3. The van der Waals surface area contributed by atoms with Crippen LogP contribution >= 0.6 is 0 Å². The molecule has 0 saturated carbocycles. The molecule has 0 bridgehead atoms. The maximum absolute atomic E-state index is 11.6. The predicted octanol–water partition coefficient (Wildman–Crippen LogP) is 2.94. The summed E-state index contributed by atoms with van der Waals surface area (Å²) < 4.78 is 23.3. The van der Waals surface area contributed by atoms with Crippen molar-refractivity contribution in [2.24, 2.45) is 5.14 Å². The number of benzene rings is 2. The fraction of sp³-hybridized carbons (Fsp3) is 0. The molecule has 4 aromatic rings. The first-order valence-corrected chi connectivity index (χ1v) is 9.09. The zero-order valence-corrected chi connectivity index (χ0v) is 13.9. The Morgan fingerprint density at radius 2 is 1.84 bits per heavy atom. The fourth-order valence-electron chi connectivity index (χ4n) is 2.80. The molecule has 0 saturated heterocycles. The number of hydrogen-bond donors (Lipinski definition) is 2. The molecule has 6 nitrogen and oxygen atoms in total. The van der Waals surface area contributed by atoms with Gasteiger partial charge in [0.05, 0.1) is 22.3 Å². The van der Waals surface area contributed by atoms with Crippen molar-refractivity contribution < 1.29 is 8.42 Å². The van der Waals surface area contributed by atoms with Gasteiger partial charge in [-0.1, -0.05) is 24.3 Å². The minimum Gasteiger partial charge on any atom is -0.278 e. The van der Waals surface area contributed by atoms with Crippen molar-refractivity contribution in [2.45, 2.75) is 4.90 Å². The van der Waals surface area contributed by atoms with E-state index in [-0.39, 0.29) is 4.90 Å². The monoisotopic (exact) mass is 350 g/mol. The number of nitrogens with zero attached hydrogens (tertiary/aromatic N) is 2. The molecule has 25 heavy (non-hydrogen) atoms. The highest BCUT2D eigenvalue weighted by molar-refractivity contribution is 7.89. The van der Waals surface area contributed by atoms with E-state index in [4.69, 9.17) is 5.14 Å². The van der Waals surface area contributed by atoms with Crippen LogP contribution in [-0.2, 0) is 10.0 Å². The van der Waals surface area contributed by atoms with E-state index in [1.807, 2.05) is 36.4 Å². The SMILES string of the molecule is NS(=O)(=O)c1cccc(-c2ncccc2-c2ccc3[nH]ncc3c2)c1. The number of H-pyrrole nitrogens is 1. The Kier molecular flexibility index (Phi) is 3.60. The fourth-order valence-corrected chi connectivity index (χ4v) is 3.36. The van der Waals surface area contributed by atoms with E-state index >= 15 is 0 Å². The molecule has 0 amide bonds. The Balaban J connectivity index is 1.90. The first-order valence-electron chi connectivity index (χ1n) is 7.54. The van der Waals surface area contributed by atoms with Crippen LogP contribution in [0.3, 0.4) is 0 Å². The highest BCUT2D eigenvalue weighted by atomic mass is 32.2. The van der Waals surface area contributed by atoms with Crippen molar-refractivity contribution in [1.29, 1.82) is 0 Å². The van der Waals surface area contributed by atoms with Crippen LogP contribution in [0.5, 0.6) is 0 Å². The molecule has 3 N–H and O–H groups in total. The van der Waals surface area contributed by atoms with E-state index in [1.54, 1.807) is 18.5 Å². The van der Waals surface area contributed by atoms with E-state index < -0.39 is 10.0 Å². The summed E-state index contributed by atoms with van der Waals surface area (Å²) in [6.07, 6.45) is 3.44. The van der Waals surface area contributed by atoms with Gasteiger partial charge in [0.25, 0.3) is 0 Å². The third kappa shape index (κ3) is 2.90. The highest BCUT2D eigenvalue weighted by Gasteiger charge is 2.13. The first kappa shape index (κ1) is 15.5. The van der Waals surface area contributed by atoms with Crippen LogP contribution in [0.25, 0.3) is 33.3 Å². The van der Waals surface area contributed by atoms with Gasteiger partial charge in [0.1, 0.15) is 0 Å². The Hall–Kier alpha value is -3.03. The maximum atomic E-state index is 11.6. The smallest absolute Gasteiger partial charge is 0.238 e. The van der Waals surface area contributed by atoms with Gasteiger partial charge in [-0.05, 0) is 35.9 Å².